The van der Waals surface area contributed by atoms with Gasteiger partial charge in [-0.2, -0.15) is 0 Å². The van der Waals surface area contributed by atoms with E-state index < -0.39 is 10.8 Å². The monoisotopic (exact) mass is 271 g/mol. The second-order valence-corrected chi connectivity index (χ2v) is 7.86. The highest BCUT2D eigenvalue weighted by atomic mass is 32.2. The maximum absolute atomic E-state index is 12.5. The van der Waals surface area contributed by atoms with Crippen LogP contribution in [0, 0.1) is 5.92 Å². The highest BCUT2D eigenvalue weighted by Gasteiger charge is 2.27. The molecule has 0 aromatic carbocycles. The van der Waals surface area contributed by atoms with Crippen molar-refractivity contribution in [3.8, 4) is 0 Å². The van der Waals surface area contributed by atoms with Crippen LogP contribution in [0.2, 0.25) is 0 Å². The summed E-state index contributed by atoms with van der Waals surface area (Å²) in [6.07, 6.45) is 13.2. The highest BCUT2D eigenvalue weighted by molar-refractivity contribution is 7.85. The molecular weight excluding hydrogens is 242 g/mol. The van der Waals surface area contributed by atoms with Crippen LogP contribution in [0.5, 0.6) is 0 Å². The molecule has 106 valence electrons. The molecule has 0 bridgehead atoms. The number of rotatable bonds is 5. The van der Waals surface area contributed by atoms with Crippen molar-refractivity contribution >= 4 is 10.8 Å². The fourth-order valence-electron chi connectivity index (χ4n) is 3.63. The minimum atomic E-state index is -0.601. The molecule has 2 unspecified atom stereocenters. The van der Waals surface area contributed by atoms with Gasteiger partial charge in [0.05, 0.1) is 0 Å². The number of hydrogen-bond donors (Lipinski definition) is 1. The molecule has 2 nitrogen and oxygen atoms in total. The SMILES string of the molecule is CNC(CS(=O)C1CCCCC1)C1CCCCC1. The maximum atomic E-state index is 12.5. The van der Waals surface area contributed by atoms with E-state index in [2.05, 4.69) is 12.4 Å². The van der Waals surface area contributed by atoms with Gasteiger partial charge in [0.2, 0.25) is 0 Å². The first-order chi connectivity index (χ1) is 8.81. The Balaban J connectivity index is 1.82. The Morgan fingerprint density at radius 3 is 2.11 bits per heavy atom. The first-order valence-electron chi connectivity index (χ1n) is 7.85. The van der Waals surface area contributed by atoms with Gasteiger partial charge in [-0.05, 0) is 38.6 Å². The third kappa shape index (κ3) is 4.06. The van der Waals surface area contributed by atoms with Crippen LogP contribution in [0.15, 0.2) is 0 Å². The first-order valence-corrected chi connectivity index (χ1v) is 9.24. The topological polar surface area (TPSA) is 29.1 Å². The summed E-state index contributed by atoms with van der Waals surface area (Å²) < 4.78 is 12.5. The van der Waals surface area contributed by atoms with E-state index in [-0.39, 0.29) is 0 Å². The molecule has 0 saturated heterocycles. The van der Waals surface area contributed by atoms with Crippen LogP contribution in [0.3, 0.4) is 0 Å². The van der Waals surface area contributed by atoms with Crippen LogP contribution in [-0.4, -0.2) is 28.3 Å². The van der Waals surface area contributed by atoms with Gasteiger partial charge in [0.1, 0.15) is 0 Å². The van der Waals surface area contributed by atoms with Gasteiger partial charge in [-0.3, -0.25) is 4.21 Å². The zero-order valence-electron chi connectivity index (χ0n) is 11.8. The normalized spacial score (nSPS) is 26.9. The minimum Gasteiger partial charge on any atom is -0.316 e. The lowest BCUT2D eigenvalue weighted by Gasteiger charge is -2.31. The van der Waals surface area contributed by atoms with E-state index in [1.165, 1.54) is 64.2 Å². The summed E-state index contributed by atoms with van der Waals surface area (Å²) in [6, 6.07) is 0.494. The molecule has 2 atom stereocenters. The Kier molecular flexibility index (Phi) is 6.16. The standard InChI is InChI=1S/C15H29NOS/c1-16-15(13-8-4-2-5-9-13)12-18(17)14-10-6-3-7-11-14/h13-16H,2-12H2,1H3. The molecule has 0 aromatic heterocycles. The van der Waals surface area contributed by atoms with Crippen LogP contribution < -0.4 is 5.32 Å². The number of nitrogens with one attached hydrogen (secondary N) is 1. The lowest BCUT2D eigenvalue weighted by Crippen LogP contribution is -2.41. The molecule has 2 fully saturated rings. The Morgan fingerprint density at radius 1 is 1.00 bits per heavy atom. The van der Waals surface area contributed by atoms with Crippen molar-refractivity contribution in [2.75, 3.05) is 12.8 Å². The van der Waals surface area contributed by atoms with E-state index in [1.54, 1.807) is 0 Å². The molecule has 0 aromatic rings. The van der Waals surface area contributed by atoms with Gasteiger partial charge in [0.25, 0.3) is 0 Å². The lowest BCUT2D eigenvalue weighted by atomic mass is 9.84. The van der Waals surface area contributed by atoms with Gasteiger partial charge < -0.3 is 5.32 Å². The summed E-state index contributed by atoms with van der Waals surface area (Å²) in [6.45, 7) is 0. The van der Waals surface area contributed by atoms with Gasteiger partial charge in [-0.15, -0.1) is 0 Å². The van der Waals surface area contributed by atoms with Crippen LogP contribution in [0.4, 0.5) is 0 Å². The Morgan fingerprint density at radius 2 is 1.56 bits per heavy atom. The smallest absolute Gasteiger partial charge is 0.0394 e. The Labute approximate surface area is 115 Å². The molecule has 0 radical (unpaired) electrons. The van der Waals surface area contributed by atoms with Crippen LogP contribution >= 0.6 is 0 Å². The first kappa shape index (κ1) is 14.5. The van der Waals surface area contributed by atoms with Crippen molar-refractivity contribution in [2.45, 2.75) is 75.5 Å². The van der Waals surface area contributed by atoms with Gasteiger partial charge >= 0.3 is 0 Å². The second kappa shape index (κ2) is 7.64. The largest absolute Gasteiger partial charge is 0.316 e. The molecule has 0 heterocycles. The van der Waals surface area contributed by atoms with Gasteiger partial charge in [-0.1, -0.05) is 38.5 Å². The lowest BCUT2D eigenvalue weighted by molar-refractivity contribution is 0.293. The molecule has 2 rings (SSSR count). The zero-order valence-corrected chi connectivity index (χ0v) is 12.6. The van der Waals surface area contributed by atoms with Crippen molar-refractivity contribution in [2.24, 2.45) is 5.92 Å². The van der Waals surface area contributed by atoms with Crippen molar-refractivity contribution in [1.29, 1.82) is 0 Å². The third-order valence-corrected chi connectivity index (χ3v) is 6.76. The zero-order chi connectivity index (χ0) is 12.8. The predicted octanol–water partition coefficient (Wildman–Crippen LogP) is 3.24. The molecule has 2 aliphatic carbocycles. The van der Waals surface area contributed by atoms with E-state index in [4.69, 9.17) is 0 Å². The van der Waals surface area contributed by atoms with Crippen molar-refractivity contribution in [3.63, 3.8) is 0 Å². The summed E-state index contributed by atoms with van der Waals surface area (Å²) in [4.78, 5) is 0. The number of hydrogen-bond acceptors (Lipinski definition) is 2. The molecule has 0 amide bonds. The van der Waals surface area contributed by atoms with Crippen molar-refractivity contribution < 1.29 is 4.21 Å². The average Bonchev–Trinajstić information content (AvgIpc) is 2.46. The molecule has 3 heteroatoms. The molecule has 0 spiro atoms. The van der Waals surface area contributed by atoms with E-state index in [0.29, 0.717) is 11.3 Å². The average molecular weight is 271 g/mol. The van der Waals surface area contributed by atoms with Crippen molar-refractivity contribution in [1.82, 2.24) is 5.32 Å². The van der Waals surface area contributed by atoms with Gasteiger partial charge in [0.15, 0.2) is 0 Å². The summed E-state index contributed by atoms with van der Waals surface area (Å²) in [5, 5.41) is 3.95. The summed E-state index contributed by atoms with van der Waals surface area (Å²) in [7, 11) is 1.45. The molecule has 2 aliphatic rings. The van der Waals surface area contributed by atoms with Gasteiger partial charge in [0, 0.05) is 27.8 Å². The molecule has 18 heavy (non-hydrogen) atoms. The van der Waals surface area contributed by atoms with E-state index in [9.17, 15) is 4.21 Å². The quantitative estimate of drug-likeness (QED) is 0.832. The fourth-order valence-corrected chi connectivity index (χ4v) is 5.56. The second-order valence-electron chi connectivity index (χ2n) is 6.10. The van der Waals surface area contributed by atoms with Crippen molar-refractivity contribution in [3.05, 3.63) is 0 Å². The molecule has 1 N–H and O–H groups in total. The van der Waals surface area contributed by atoms with Crippen LogP contribution in [-0.2, 0) is 10.8 Å². The highest BCUT2D eigenvalue weighted by Crippen LogP contribution is 2.28. The minimum absolute atomic E-state index is 0.494. The van der Waals surface area contributed by atoms with Crippen LogP contribution in [0.1, 0.15) is 64.2 Å². The van der Waals surface area contributed by atoms with Gasteiger partial charge in [-0.25, -0.2) is 0 Å². The van der Waals surface area contributed by atoms with Crippen LogP contribution in [0.25, 0.3) is 0 Å². The predicted molar refractivity (Wildman–Crippen MR) is 79.3 cm³/mol. The van der Waals surface area contributed by atoms with E-state index in [0.717, 1.165) is 11.7 Å². The molecular formula is C15H29NOS. The third-order valence-electron chi connectivity index (χ3n) is 4.86. The van der Waals surface area contributed by atoms with E-state index in [1.807, 2.05) is 0 Å². The maximum Gasteiger partial charge on any atom is 0.0394 e. The summed E-state index contributed by atoms with van der Waals surface area (Å²) >= 11 is 0. The fraction of sp³-hybridized carbons (Fsp3) is 1.00. The summed E-state index contributed by atoms with van der Waals surface area (Å²) in [5.74, 6) is 1.67. The Hall–Kier alpha value is 0.110. The molecule has 0 aliphatic heterocycles. The van der Waals surface area contributed by atoms with E-state index >= 15 is 0 Å². The molecule has 2 saturated carbocycles. The summed E-state index contributed by atoms with van der Waals surface area (Å²) in [5.41, 5.74) is 0. The Bertz CT molecular complexity index is 257.